The number of hydrogen-bond donors (Lipinski definition) is 1. The van der Waals surface area contributed by atoms with Gasteiger partial charge in [-0.1, -0.05) is 0 Å². The highest BCUT2D eigenvalue weighted by molar-refractivity contribution is 14.1. The first-order chi connectivity index (χ1) is 6.58. The normalized spacial score (nSPS) is 17.9. The van der Waals surface area contributed by atoms with Crippen LogP contribution < -0.4 is 0 Å². The molecule has 1 N–H and O–H groups in total. The Hall–Kier alpha value is -0.660. The van der Waals surface area contributed by atoms with Crippen LogP contribution in [-0.4, -0.2) is 23.3 Å². The zero-order valence-corrected chi connectivity index (χ0v) is 9.59. The van der Waals surface area contributed by atoms with Crippen molar-refractivity contribution in [3.63, 3.8) is 0 Å². The number of ether oxygens (including phenoxy) is 1. The summed E-state index contributed by atoms with van der Waals surface area (Å²) < 4.78 is 18.7. The summed E-state index contributed by atoms with van der Waals surface area (Å²) in [5.74, 6) is -0.541. The maximum Gasteiger partial charge on any atom is 0.359 e. The van der Waals surface area contributed by atoms with Crippen molar-refractivity contribution in [1.82, 2.24) is 10.2 Å². The number of aromatic amines is 1. The van der Waals surface area contributed by atoms with Crippen molar-refractivity contribution in [2.45, 2.75) is 18.5 Å². The molecule has 6 heteroatoms. The smallest absolute Gasteiger partial charge is 0.359 e. The minimum absolute atomic E-state index is 0.159. The summed E-state index contributed by atoms with van der Waals surface area (Å²) in [7, 11) is 1.27. The predicted octanol–water partition coefficient (Wildman–Crippen LogP) is 1.76. The first-order valence-electron chi connectivity index (χ1n) is 4.10. The van der Waals surface area contributed by atoms with Crippen molar-refractivity contribution in [3.8, 4) is 0 Å². The van der Waals surface area contributed by atoms with E-state index in [9.17, 15) is 9.18 Å². The highest BCUT2D eigenvalue weighted by atomic mass is 127. The van der Waals surface area contributed by atoms with Crippen LogP contribution in [0.25, 0.3) is 0 Å². The van der Waals surface area contributed by atoms with Gasteiger partial charge in [-0.05, 0) is 35.4 Å². The van der Waals surface area contributed by atoms with E-state index in [0.717, 1.165) is 0 Å². The molecule has 0 aromatic carbocycles. The summed E-state index contributed by atoms with van der Waals surface area (Å²) in [6, 6.07) is 0. The lowest BCUT2D eigenvalue weighted by Crippen LogP contribution is -2.05. The van der Waals surface area contributed by atoms with Crippen LogP contribution in [0.1, 0.15) is 29.0 Å². The van der Waals surface area contributed by atoms with E-state index in [-0.39, 0.29) is 5.69 Å². The van der Waals surface area contributed by atoms with Crippen molar-refractivity contribution in [2.24, 2.45) is 0 Å². The van der Waals surface area contributed by atoms with Crippen LogP contribution in [0.5, 0.6) is 0 Å². The zero-order chi connectivity index (χ0) is 10.3. The minimum atomic E-state index is -1.30. The highest BCUT2D eigenvalue weighted by Gasteiger charge is 2.48. The molecule has 0 unspecified atom stereocenters. The van der Waals surface area contributed by atoms with Gasteiger partial charge in [0.25, 0.3) is 0 Å². The van der Waals surface area contributed by atoms with Gasteiger partial charge in [0.2, 0.25) is 0 Å². The molecular weight excluding hydrogens is 302 g/mol. The number of carbonyl (C=O) groups is 1. The fourth-order valence-electron chi connectivity index (χ4n) is 1.22. The first-order valence-corrected chi connectivity index (χ1v) is 5.18. The van der Waals surface area contributed by atoms with E-state index in [1.165, 1.54) is 7.11 Å². The number of carbonyl (C=O) groups excluding carboxylic acids is 1. The van der Waals surface area contributed by atoms with Gasteiger partial charge < -0.3 is 4.74 Å². The molecule has 1 aromatic heterocycles. The molecule has 0 saturated heterocycles. The molecule has 1 aliphatic carbocycles. The molecule has 2 rings (SSSR count). The summed E-state index contributed by atoms with van der Waals surface area (Å²) in [5, 5.41) is 6.30. The summed E-state index contributed by atoms with van der Waals surface area (Å²) >= 11 is 1.91. The second-order valence-corrected chi connectivity index (χ2v) is 4.30. The number of aromatic nitrogens is 2. The molecule has 0 aliphatic heterocycles. The van der Waals surface area contributed by atoms with Crippen LogP contribution >= 0.6 is 22.6 Å². The second-order valence-electron chi connectivity index (χ2n) is 3.22. The Bertz CT molecular complexity index is 387. The summed E-state index contributed by atoms with van der Waals surface area (Å²) in [4.78, 5) is 11.2. The van der Waals surface area contributed by atoms with Crippen LogP contribution in [0.15, 0.2) is 0 Å². The molecule has 1 saturated carbocycles. The fraction of sp³-hybridized carbons (Fsp3) is 0.500. The van der Waals surface area contributed by atoms with Gasteiger partial charge in [0, 0.05) is 0 Å². The van der Waals surface area contributed by atoms with E-state index >= 15 is 0 Å². The largest absolute Gasteiger partial charge is 0.464 e. The topological polar surface area (TPSA) is 55.0 Å². The molecule has 14 heavy (non-hydrogen) atoms. The van der Waals surface area contributed by atoms with E-state index in [4.69, 9.17) is 0 Å². The molecule has 0 atom stereocenters. The van der Waals surface area contributed by atoms with Gasteiger partial charge in [-0.15, -0.1) is 0 Å². The number of rotatable bonds is 2. The van der Waals surface area contributed by atoms with E-state index in [2.05, 4.69) is 14.9 Å². The Morgan fingerprint density at radius 2 is 2.36 bits per heavy atom. The lowest BCUT2D eigenvalue weighted by atomic mass is 10.2. The molecule has 0 bridgehead atoms. The fourth-order valence-corrected chi connectivity index (χ4v) is 2.16. The van der Waals surface area contributed by atoms with Crippen molar-refractivity contribution >= 4 is 28.6 Å². The van der Waals surface area contributed by atoms with Crippen molar-refractivity contribution in [1.29, 1.82) is 0 Å². The lowest BCUT2D eigenvalue weighted by Gasteiger charge is -2.00. The van der Waals surface area contributed by atoms with Crippen molar-refractivity contribution in [3.05, 3.63) is 15.0 Å². The number of alkyl halides is 1. The molecule has 76 valence electrons. The number of methoxy groups -OCH3 is 1. The summed E-state index contributed by atoms with van der Waals surface area (Å²) in [6.07, 6.45) is 0.984. The van der Waals surface area contributed by atoms with Gasteiger partial charge in [0.1, 0.15) is 0 Å². The molecule has 0 spiro atoms. The second kappa shape index (κ2) is 3.18. The van der Waals surface area contributed by atoms with Crippen LogP contribution in [0.4, 0.5) is 4.39 Å². The molecule has 1 aromatic rings. The Labute approximate surface area is 93.3 Å². The predicted molar refractivity (Wildman–Crippen MR) is 54.7 cm³/mol. The van der Waals surface area contributed by atoms with Crippen LogP contribution in [0.2, 0.25) is 0 Å². The molecular formula is C8H8FIN2O2. The third-order valence-corrected chi connectivity index (χ3v) is 3.27. The van der Waals surface area contributed by atoms with E-state index < -0.39 is 11.6 Å². The van der Waals surface area contributed by atoms with Crippen LogP contribution in [-0.2, 0) is 10.4 Å². The van der Waals surface area contributed by atoms with Gasteiger partial charge in [0.15, 0.2) is 11.4 Å². The first kappa shape index (κ1) is 9.88. The average Bonchev–Trinajstić information content (AvgIpc) is 2.77. The number of halogens is 2. The highest BCUT2D eigenvalue weighted by Crippen LogP contribution is 2.50. The standard InChI is InChI=1S/C8H8FIN2O2/c1-14-7(13)5-4(10)6(12-11-5)8(9)2-3-8/h2-3H2,1H3,(H,11,12). The lowest BCUT2D eigenvalue weighted by molar-refractivity contribution is 0.0593. The summed E-state index contributed by atoms with van der Waals surface area (Å²) in [6.45, 7) is 0. The van der Waals surface area contributed by atoms with Gasteiger partial charge in [-0.25, -0.2) is 9.18 Å². The molecule has 0 amide bonds. The van der Waals surface area contributed by atoms with Gasteiger partial charge >= 0.3 is 5.97 Å². The third-order valence-electron chi connectivity index (χ3n) is 2.22. The van der Waals surface area contributed by atoms with Crippen LogP contribution in [0, 0.1) is 3.57 Å². The maximum atomic E-state index is 13.6. The van der Waals surface area contributed by atoms with Gasteiger partial charge in [0.05, 0.1) is 16.4 Å². The van der Waals surface area contributed by atoms with Crippen molar-refractivity contribution < 1.29 is 13.9 Å². The molecule has 1 aliphatic rings. The number of nitrogens with one attached hydrogen (secondary N) is 1. The Morgan fingerprint density at radius 3 is 2.86 bits per heavy atom. The van der Waals surface area contributed by atoms with Gasteiger partial charge in [-0.2, -0.15) is 5.10 Å². The molecule has 4 nitrogen and oxygen atoms in total. The quantitative estimate of drug-likeness (QED) is 0.669. The van der Waals surface area contributed by atoms with Crippen molar-refractivity contribution in [2.75, 3.05) is 7.11 Å². The van der Waals surface area contributed by atoms with Gasteiger partial charge in [-0.3, -0.25) is 5.10 Å². The Morgan fingerprint density at radius 1 is 1.71 bits per heavy atom. The monoisotopic (exact) mass is 310 g/mol. The van der Waals surface area contributed by atoms with Crippen LogP contribution in [0.3, 0.4) is 0 Å². The minimum Gasteiger partial charge on any atom is -0.464 e. The number of esters is 1. The molecule has 0 radical (unpaired) electrons. The number of nitrogens with zero attached hydrogens (tertiary/aromatic N) is 1. The van der Waals surface area contributed by atoms with E-state index in [1.807, 2.05) is 22.6 Å². The van der Waals surface area contributed by atoms with E-state index in [1.54, 1.807) is 0 Å². The number of hydrogen-bond acceptors (Lipinski definition) is 3. The molecule has 1 fully saturated rings. The average molecular weight is 310 g/mol. The van der Waals surface area contributed by atoms with E-state index in [0.29, 0.717) is 22.1 Å². The Balaban J connectivity index is 2.37. The number of H-pyrrole nitrogens is 1. The maximum absolute atomic E-state index is 13.6. The SMILES string of the molecule is COC(=O)c1n[nH]c(C2(F)CC2)c1I. The zero-order valence-electron chi connectivity index (χ0n) is 7.43. The third kappa shape index (κ3) is 1.41. The molecule has 1 heterocycles. The Kier molecular flexibility index (Phi) is 2.24. The summed E-state index contributed by atoms with van der Waals surface area (Å²) in [5.41, 5.74) is -0.735.